The van der Waals surface area contributed by atoms with E-state index in [0.29, 0.717) is 0 Å². The number of para-hydroxylation sites is 1. The maximum atomic E-state index is 2.44. The molecule has 0 bridgehead atoms. The first-order chi connectivity index (χ1) is 28.3. The van der Waals surface area contributed by atoms with Gasteiger partial charge >= 0.3 is 0 Å². The van der Waals surface area contributed by atoms with Gasteiger partial charge in [0.1, 0.15) is 0 Å². The fourth-order valence-corrected chi connectivity index (χ4v) is 14.7. The quantitative estimate of drug-likeness (QED) is 0.105. The summed E-state index contributed by atoms with van der Waals surface area (Å²) in [5.74, 6) is 0. The van der Waals surface area contributed by atoms with Gasteiger partial charge < -0.3 is 4.90 Å². The lowest BCUT2D eigenvalue weighted by Crippen LogP contribution is -2.74. The Hall–Kier alpha value is -6.78. The molecule has 0 saturated heterocycles. The van der Waals surface area contributed by atoms with Crippen LogP contribution in [-0.4, -0.2) is 8.07 Å². The van der Waals surface area contributed by atoms with Crippen LogP contribution in [0.3, 0.4) is 0 Å². The molecule has 0 radical (unpaired) electrons. The zero-order valence-corrected chi connectivity index (χ0v) is 33.2. The Morgan fingerprint density at radius 1 is 0.298 bits per heavy atom. The minimum Gasteiger partial charge on any atom is -0.309 e. The molecule has 9 aromatic carbocycles. The normalized spacial score (nSPS) is 11.5. The van der Waals surface area contributed by atoms with Crippen molar-refractivity contribution in [3.8, 4) is 22.3 Å². The van der Waals surface area contributed by atoms with Crippen molar-refractivity contribution in [3.05, 3.63) is 237 Å². The maximum absolute atomic E-state index is 2.66. The molecule has 0 N–H and O–H groups in total. The maximum Gasteiger partial charge on any atom is 0.179 e. The summed E-state index contributed by atoms with van der Waals surface area (Å²) in [6.07, 6.45) is 0. The Morgan fingerprint density at radius 3 is 1.28 bits per heavy atom. The summed E-state index contributed by atoms with van der Waals surface area (Å²) in [4.78, 5) is 2.44. The van der Waals surface area contributed by atoms with E-state index >= 15 is 0 Å². The molecule has 0 amide bonds. The second-order valence-corrected chi connectivity index (χ2v) is 19.3. The van der Waals surface area contributed by atoms with Gasteiger partial charge in [0.2, 0.25) is 0 Å². The minimum atomic E-state index is -2.66. The zero-order chi connectivity index (χ0) is 38.0. The average Bonchev–Trinajstić information content (AvgIpc) is 3.69. The van der Waals surface area contributed by atoms with Gasteiger partial charge in [-0.05, 0) is 73.3 Å². The summed E-state index contributed by atoms with van der Waals surface area (Å²) in [7, 11) is -2.66. The molecular weight excluding hydrogens is 723 g/mol. The fraction of sp³-hybridized carbons (Fsp3) is 0. The number of nitrogens with zero attached hydrogens (tertiary/aromatic N) is 1. The van der Waals surface area contributed by atoms with Crippen LogP contribution in [0.25, 0.3) is 42.4 Å². The summed E-state index contributed by atoms with van der Waals surface area (Å²) in [6, 6.07) is 86.9. The molecular formula is C54H39NSSi. The molecule has 1 nitrogen and oxygen atoms in total. The SMILES string of the molecule is c1ccc(-c2ccc(-c3cccc4c3sc3c(N(c5ccccc5)c5ccc([Si](c6ccccc6)(c6ccccc6)c6ccccc6)cc5)cccc34)cc2)cc1. The predicted molar refractivity (Wildman–Crippen MR) is 249 cm³/mol. The summed E-state index contributed by atoms with van der Waals surface area (Å²) in [6.45, 7) is 0. The van der Waals surface area contributed by atoms with Crippen molar-refractivity contribution in [2.75, 3.05) is 4.90 Å². The molecule has 0 aliphatic rings. The van der Waals surface area contributed by atoms with E-state index in [1.54, 1.807) is 0 Å². The van der Waals surface area contributed by atoms with Gasteiger partial charge in [-0.25, -0.2) is 0 Å². The van der Waals surface area contributed by atoms with Crippen LogP contribution in [0.4, 0.5) is 17.1 Å². The van der Waals surface area contributed by atoms with Crippen LogP contribution < -0.4 is 25.6 Å². The fourth-order valence-electron chi connectivity index (χ4n) is 8.61. The topological polar surface area (TPSA) is 3.24 Å². The van der Waals surface area contributed by atoms with Crippen LogP contribution in [-0.2, 0) is 0 Å². The van der Waals surface area contributed by atoms with Gasteiger partial charge in [-0.15, -0.1) is 11.3 Å². The molecule has 0 saturated carbocycles. The number of benzene rings is 9. The van der Waals surface area contributed by atoms with Crippen LogP contribution in [0.2, 0.25) is 0 Å². The van der Waals surface area contributed by atoms with Gasteiger partial charge in [0, 0.05) is 26.8 Å². The largest absolute Gasteiger partial charge is 0.309 e. The molecule has 3 heteroatoms. The van der Waals surface area contributed by atoms with Crippen molar-refractivity contribution < 1.29 is 0 Å². The first-order valence-corrected chi connectivity index (χ1v) is 22.3. The van der Waals surface area contributed by atoms with E-state index in [0.717, 1.165) is 11.4 Å². The van der Waals surface area contributed by atoms with E-state index in [1.807, 2.05) is 11.3 Å². The number of thiophene rings is 1. The van der Waals surface area contributed by atoms with Crippen LogP contribution in [0.5, 0.6) is 0 Å². The summed E-state index contributed by atoms with van der Waals surface area (Å²) in [5, 5.41) is 8.03. The zero-order valence-electron chi connectivity index (χ0n) is 31.4. The third-order valence-corrected chi connectivity index (χ3v) is 17.3. The number of anilines is 3. The van der Waals surface area contributed by atoms with Crippen molar-refractivity contribution >= 4 is 77.4 Å². The van der Waals surface area contributed by atoms with Crippen LogP contribution >= 0.6 is 11.3 Å². The first-order valence-electron chi connectivity index (χ1n) is 19.5. The van der Waals surface area contributed by atoms with Crippen LogP contribution in [0, 0.1) is 0 Å². The molecule has 0 aliphatic carbocycles. The van der Waals surface area contributed by atoms with Crippen molar-refractivity contribution in [2.24, 2.45) is 0 Å². The van der Waals surface area contributed by atoms with Gasteiger partial charge in [-0.2, -0.15) is 0 Å². The Labute approximate surface area is 339 Å². The molecule has 1 heterocycles. The molecule has 0 aliphatic heterocycles. The van der Waals surface area contributed by atoms with Gasteiger partial charge in [0.05, 0.1) is 10.4 Å². The van der Waals surface area contributed by atoms with Gasteiger partial charge in [0.15, 0.2) is 8.07 Å². The first kappa shape index (κ1) is 34.7. The Balaban J connectivity index is 1.13. The van der Waals surface area contributed by atoms with Gasteiger partial charge in [0.25, 0.3) is 0 Å². The minimum absolute atomic E-state index is 1.13. The van der Waals surface area contributed by atoms with Crippen molar-refractivity contribution in [2.45, 2.75) is 0 Å². The molecule has 10 aromatic rings. The van der Waals surface area contributed by atoms with Gasteiger partial charge in [-0.3, -0.25) is 0 Å². The highest BCUT2D eigenvalue weighted by Crippen LogP contribution is 2.47. The molecule has 0 fully saturated rings. The lowest BCUT2D eigenvalue weighted by atomic mass is 9.99. The van der Waals surface area contributed by atoms with Gasteiger partial charge in [-0.1, -0.05) is 206 Å². The second kappa shape index (κ2) is 15.0. The van der Waals surface area contributed by atoms with E-state index < -0.39 is 8.07 Å². The van der Waals surface area contributed by atoms with E-state index in [1.165, 1.54) is 68.9 Å². The van der Waals surface area contributed by atoms with E-state index in [-0.39, 0.29) is 0 Å². The highest BCUT2D eigenvalue weighted by atomic mass is 32.1. The molecule has 57 heavy (non-hydrogen) atoms. The third-order valence-electron chi connectivity index (χ3n) is 11.2. The summed E-state index contributed by atoms with van der Waals surface area (Å²) >= 11 is 1.89. The molecule has 270 valence electrons. The Bertz CT molecular complexity index is 2810. The monoisotopic (exact) mass is 761 g/mol. The molecule has 1 aromatic heterocycles. The van der Waals surface area contributed by atoms with Crippen molar-refractivity contribution in [3.63, 3.8) is 0 Å². The highest BCUT2D eigenvalue weighted by Gasteiger charge is 2.41. The van der Waals surface area contributed by atoms with Crippen molar-refractivity contribution in [1.29, 1.82) is 0 Å². The molecule has 0 atom stereocenters. The smallest absolute Gasteiger partial charge is 0.179 e. The number of rotatable bonds is 9. The number of fused-ring (bicyclic) bond motifs is 3. The second-order valence-electron chi connectivity index (χ2n) is 14.4. The number of hydrogen-bond donors (Lipinski definition) is 0. The van der Waals surface area contributed by atoms with E-state index in [9.17, 15) is 0 Å². The lowest BCUT2D eigenvalue weighted by Gasteiger charge is -2.35. The van der Waals surface area contributed by atoms with E-state index in [2.05, 4.69) is 241 Å². The van der Waals surface area contributed by atoms with Crippen molar-refractivity contribution in [1.82, 2.24) is 0 Å². The standard InChI is InChI=1S/C54H39NSSi/c1-6-18-40(19-7-1)41-32-34-42(35-33-41)49-28-16-29-50-51-30-17-31-52(54(51)56-53(49)50)55(43-20-8-2-9-21-43)44-36-38-48(39-37-44)57(45-22-10-3-11-23-45,46-24-12-4-13-25-46)47-26-14-5-15-27-47/h1-39H. The average molecular weight is 762 g/mol. The summed E-state index contributed by atoms with van der Waals surface area (Å²) < 4.78 is 2.58. The third kappa shape index (κ3) is 6.18. The van der Waals surface area contributed by atoms with Crippen LogP contribution in [0.1, 0.15) is 0 Å². The van der Waals surface area contributed by atoms with Crippen LogP contribution in [0.15, 0.2) is 237 Å². The lowest BCUT2D eigenvalue weighted by molar-refractivity contribution is 1.30. The molecule has 10 rings (SSSR count). The highest BCUT2D eigenvalue weighted by molar-refractivity contribution is 7.27. The Kier molecular flexibility index (Phi) is 9.15. The predicted octanol–water partition coefficient (Wildman–Crippen LogP) is 12.2. The van der Waals surface area contributed by atoms with E-state index in [4.69, 9.17) is 0 Å². The number of hydrogen-bond acceptors (Lipinski definition) is 2. The Morgan fingerprint density at radius 2 is 0.719 bits per heavy atom. The molecule has 0 spiro atoms. The molecule has 0 unspecified atom stereocenters. The summed E-state index contributed by atoms with van der Waals surface area (Å²) in [5.41, 5.74) is 8.39.